The van der Waals surface area contributed by atoms with Crippen LogP contribution in [0.5, 0.6) is 0 Å². The van der Waals surface area contributed by atoms with E-state index < -0.39 is 30.9 Å². The maximum Gasteiger partial charge on any atom is 0.405 e. The number of carbonyl (C=O) groups excluding carboxylic acids is 1. The van der Waals surface area contributed by atoms with Crippen LogP contribution in [0.25, 0.3) is 39.0 Å². The SMILES string of the molecule is Cc1nc(-n2c(=O)n(CC(=O)NCC(F)(F)F)c3cccc(C)c32)cnc1-c1cncc2[nH]nc(C)c12. The van der Waals surface area contributed by atoms with Gasteiger partial charge in [-0.1, -0.05) is 12.1 Å². The molecule has 0 aliphatic carbocycles. The number of nitrogens with one attached hydrogen (secondary N) is 2. The maximum atomic E-state index is 13.5. The molecule has 0 fully saturated rings. The molecule has 0 bridgehead atoms. The first-order valence-electron chi connectivity index (χ1n) is 11.2. The fraction of sp³-hybridized carbons (Fsp3) is 0.250. The molecule has 0 saturated carbocycles. The van der Waals surface area contributed by atoms with Crippen LogP contribution in [0.3, 0.4) is 0 Å². The van der Waals surface area contributed by atoms with Crippen molar-refractivity contribution in [2.45, 2.75) is 33.5 Å². The molecule has 0 unspecified atom stereocenters. The Hall–Kier alpha value is -4.55. The number of hydrogen-bond donors (Lipinski definition) is 2. The molecule has 1 aromatic carbocycles. The van der Waals surface area contributed by atoms with Crippen molar-refractivity contribution in [3.63, 3.8) is 0 Å². The van der Waals surface area contributed by atoms with Gasteiger partial charge in [0.2, 0.25) is 5.91 Å². The summed E-state index contributed by atoms with van der Waals surface area (Å²) >= 11 is 0. The molecular formula is C24H21F3N8O2. The first-order valence-corrected chi connectivity index (χ1v) is 11.2. The lowest BCUT2D eigenvalue weighted by Crippen LogP contribution is -2.38. The summed E-state index contributed by atoms with van der Waals surface area (Å²) < 4.78 is 40.0. The van der Waals surface area contributed by atoms with Gasteiger partial charge in [-0.2, -0.15) is 18.3 Å². The molecule has 5 aromatic rings. The first kappa shape index (κ1) is 24.2. The summed E-state index contributed by atoms with van der Waals surface area (Å²) in [6, 6.07) is 5.11. The zero-order valence-corrected chi connectivity index (χ0v) is 20.0. The van der Waals surface area contributed by atoms with Crippen molar-refractivity contribution in [3.05, 3.63) is 64.2 Å². The highest BCUT2D eigenvalue weighted by molar-refractivity contribution is 5.95. The molecular weight excluding hydrogens is 489 g/mol. The van der Waals surface area contributed by atoms with Gasteiger partial charge < -0.3 is 5.32 Å². The Morgan fingerprint density at radius 3 is 2.62 bits per heavy atom. The van der Waals surface area contributed by atoms with Crippen LogP contribution in [0.4, 0.5) is 13.2 Å². The van der Waals surface area contributed by atoms with Crippen molar-refractivity contribution in [2.24, 2.45) is 0 Å². The molecule has 5 rings (SSSR count). The predicted molar refractivity (Wildman–Crippen MR) is 129 cm³/mol. The number of para-hydroxylation sites is 1. The molecule has 0 atom stereocenters. The number of imidazole rings is 1. The minimum Gasteiger partial charge on any atom is -0.345 e. The van der Waals surface area contributed by atoms with Gasteiger partial charge in [0, 0.05) is 17.1 Å². The number of carbonyl (C=O) groups is 1. The third kappa shape index (κ3) is 4.32. The van der Waals surface area contributed by atoms with Gasteiger partial charge >= 0.3 is 11.9 Å². The summed E-state index contributed by atoms with van der Waals surface area (Å²) in [7, 11) is 0. The normalized spacial score (nSPS) is 11.9. The number of nitrogens with zero attached hydrogens (tertiary/aromatic N) is 6. The van der Waals surface area contributed by atoms with E-state index in [2.05, 4.69) is 25.1 Å². The minimum absolute atomic E-state index is 0.212. The highest BCUT2D eigenvalue weighted by Gasteiger charge is 2.28. The summed E-state index contributed by atoms with van der Waals surface area (Å²) in [4.78, 5) is 39.2. The van der Waals surface area contributed by atoms with Crippen LogP contribution in [-0.4, -0.2) is 52.9 Å². The topological polar surface area (TPSA) is 123 Å². The molecule has 10 nitrogen and oxygen atoms in total. The van der Waals surface area contributed by atoms with E-state index in [4.69, 9.17) is 0 Å². The summed E-state index contributed by atoms with van der Waals surface area (Å²) in [6.07, 6.45) is 0.216. The van der Waals surface area contributed by atoms with E-state index in [1.54, 1.807) is 49.8 Å². The second-order valence-electron chi connectivity index (χ2n) is 8.62. The molecule has 0 radical (unpaired) electrons. The Morgan fingerprint density at radius 2 is 1.89 bits per heavy atom. The number of rotatable bonds is 5. The van der Waals surface area contributed by atoms with Crippen LogP contribution < -0.4 is 11.0 Å². The van der Waals surface area contributed by atoms with Crippen molar-refractivity contribution in [1.29, 1.82) is 0 Å². The number of fused-ring (bicyclic) bond motifs is 2. The summed E-state index contributed by atoms with van der Waals surface area (Å²) in [5.74, 6) is -0.724. The number of aromatic amines is 1. The molecule has 37 heavy (non-hydrogen) atoms. The minimum atomic E-state index is -4.56. The largest absolute Gasteiger partial charge is 0.405 e. The average Bonchev–Trinajstić information content (AvgIpc) is 3.36. The van der Waals surface area contributed by atoms with Gasteiger partial charge in [0.25, 0.3) is 0 Å². The Bertz CT molecular complexity index is 1730. The highest BCUT2D eigenvalue weighted by Crippen LogP contribution is 2.30. The Morgan fingerprint density at radius 1 is 1.11 bits per heavy atom. The van der Waals surface area contributed by atoms with E-state index in [0.717, 1.165) is 32.3 Å². The summed E-state index contributed by atoms with van der Waals surface area (Å²) in [6.45, 7) is 3.33. The number of H-pyrrole nitrogens is 1. The van der Waals surface area contributed by atoms with E-state index in [1.165, 1.54) is 10.8 Å². The quantitative estimate of drug-likeness (QED) is 0.375. The van der Waals surface area contributed by atoms with E-state index in [-0.39, 0.29) is 5.82 Å². The van der Waals surface area contributed by atoms with Crippen molar-refractivity contribution in [2.75, 3.05) is 6.54 Å². The molecule has 1 amide bonds. The summed E-state index contributed by atoms with van der Waals surface area (Å²) in [5.41, 5.74) is 4.30. The molecule has 190 valence electrons. The second-order valence-corrected chi connectivity index (χ2v) is 8.62. The zero-order valence-electron chi connectivity index (χ0n) is 20.0. The maximum absolute atomic E-state index is 13.5. The van der Waals surface area contributed by atoms with Crippen LogP contribution in [0, 0.1) is 20.8 Å². The molecule has 0 aliphatic rings. The lowest BCUT2D eigenvalue weighted by Gasteiger charge is -2.09. The summed E-state index contributed by atoms with van der Waals surface area (Å²) in [5, 5.41) is 9.81. The first-order chi connectivity index (χ1) is 17.5. The van der Waals surface area contributed by atoms with E-state index in [9.17, 15) is 22.8 Å². The van der Waals surface area contributed by atoms with Gasteiger partial charge in [0.05, 0.1) is 46.0 Å². The molecule has 0 aliphatic heterocycles. The zero-order chi connectivity index (χ0) is 26.5. The van der Waals surface area contributed by atoms with Crippen LogP contribution >= 0.6 is 0 Å². The number of alkyl halides is 3. The third-order valence-corrected chi connectivity index (χ3v) is 6.01. The fourth-order valence-corrected chi connectivity index (χ4v) is 4.39. The van der Waals surface area contributed by atoms with E-state index in [1.807, 2.05) is 6.92 Å². The molecule has 13 heteroatoms. The van der Waals surface area contributed by atoms with Crippen molar-refractivity contribution >= 4 is 27.8 Å². The van der Waals surface area contributed by atoms with Gasteiger partial charge in [0.15, 0.2) is 5.82 Å². The lowest BCUT2D eigenvalue weighted by molar-refractivity contribution is -0.138. The molecule has 2 N–H and O–H groups in total. The van der Waals surface area contributed by atoms with Crippen LogP contribution in [0.2, 0.25) is 0 Å². The predicted octanol–water partition coefficient (Wildman–Crippen LogP) is 3.12. The van der Waals surface area contributed by atoms with E-state index >= 15 is 0 Å². The number of hydrogen-bond acceptors (Lipinski definition) is 6. The monoisotopic (exact) mass is 510 g/mol. The van der Waals surface area contributed by atoms with Gasteiger partial charge in [-0.25, -0.2) is 14.3 Å². The Balaban J connectivity index is 1.61. The molecule has 4 aromatic heterocycles. The fourth-order valence-electron chi connectivity index (χ4n) is 4.39. The van der Waals surface area contributed by atoms with Crippen molar-refractivity contribution in [3.8, 4) is 17.1 Å². The van der Waals surface area contributed by atoms with Gasteiger partial charge in [-0.05, 0) is 32.4 Å². The number of halogens is 3. The van der Waals surface area contributed by atoms with E-state index in [0.29, 0.717) is 22.4 Å². The Kier molecular flexibility index (Phi) is 5.77. The average molecular weight is 510 g/mol. The second kappa shape index (κ2) is 8.84. The smallest absolute Gasteiger partial charge is 0.345 e. The van der Waals surface area contributed by atoms with Crippen LogP contribution in [0.1, 0.15) is 17.0 Å². The van der Waals surface area contributed by atoms with Crippen LogP contribution in [-0.2, 0) is 11.3 Å². The number of aromatic nitrogens is 7. The van der Waals surface area contributed by atoms with Gasteiger partial charge in [0.1, 0.15) is 13.1 Å². The Labute approximate surface area is 207 Å². The van der Waals surface area contributed by atoms with Gasteiger partial charge in [-0.15, -0.1) is 0 Å². The molecule has 0 saturated heterocycles. The standard InChI is InChI=1S/C24H21F3N8O2/c1-12-5-4-6-17-22(12)35(23(37)34(17)10-19(36)30-11-24(25,26)27)18-9-29-21(14(3)31-18)15-7-28-8-16-20(15)13(2)32-33-16/h4-9H,10-11H2,1-3H3,(H,30,36)(H,32,33). The van der Waals surface area contributed by atoms with Crippen molar-refractivity contribution < 1.29 is 18.0 Å². The molecule has 0 spiro atoms. The molecule has 4 heterocycles. The third-order valence-electron chi connectivity index (χ3n) is 6.01. The number of pyridine rings is 1. The van der Waals surface area contributed by atoms with Gasteiger partial charge in [-0.3, -0.25) is 24.4 Å². The van der Waals surface area contributed by atoms with Crippen LogP contribution in [0.15, 0.2) is 41.6 Å². The highest BCUT2D eigenvalue weighted by atomic mass is 19.4. The number of aryl methyl sites for hydroxylation is 3. The lowest BCUT2D eigenvalue weighted by atomic mass is 10.1. The van der Waals surface area contributed by atoms with Crippen molar-refractivity contribution in [1.82, 2.24) is 39.6 Å². The number of benzene rings is 1. The number of amides is 1.